The molecule has 3 aromatic heterocycles. The van der Waals surface area contributed by atoms with E-state index in [1.165, 1.54) is 17.4 Å². The number of anilines is 1. The van der Waals surface area contributed by atoms with Crippen LogP contribution in [0.1, 0.15) is 16.1 Å². The van der Waals surface area contributed by atoms with E-state index in [0.717, 1.165) is 21.2 Å². The average Bonchev–Trinajstić information content (AvgIpc) is 3.33. The monoisotopic (exact) mass is 407 g/mol. The Kier molecular flexibility index (Phi) is 5.76. The molecule has 0 bridgehead atoms. The van der Waals surface area contributed by atoms with E-state index in [9.17, 15) is 14.4 Å². The van der Waals surface area contributed by atoms with Crippen LogP contribution in [0.4, 0.5) is 5.00 Å². The standard InChI is InChI=1S/C16H13N3O4S3/c17-14(22)10-3-5-25-15(10)19-12(20)7-23-13(21)6-9-8-26-16(18-9)11-2-1-4-24-11/h1-5,8H,6-7H2,(H2,17,22)(H,19,20). The summed E-state index contributed by atoms with van der Waals surface area (Å²) in [4.78, 5) is 40.4. The third kappa shape index (κ3) is 4.54. The smallest absolute Gasteiger partial charge is 0.312 e. The summed E-state index contributed by atoms with van der Waals surface area (Å²) in [6.07, 6.45) is -0.0132. The van der Waals surface area contributed by atoms with Gasteiger partial charge in [0.2, 0.25) is 0 Å². The highest BCUT2D eigenvalue weighted by molar-refractivity contribution is 7.20. The minimum Gasteiger partial charge on any atom is -0.455 e. The largest absolute Gasteiger partial charge is 0.455 e. The lowest BCUT2D eigenvalue weighted by Gasteiger charge is -2.05. The van der Waals surface area contributed by atoms with Crippen LogP contribution in [0.25, 0.3) is 9.88 Å². The molecule has 0 radical (unpaired) electrons. The molecule has 0 fully saturated rings. The van der Waals surface area contributed by atoms with Crippen molar-refractivity contribution in [1.29, 1.82) is 0 Å². The molecule has 3 rings (SSSR count). The molecule has 26 heavy (non-hydrogen) atoms. The normalized spacial score (nSPS) is 10.5. The number of thiophene rings is 2. The van der Waals surface area contributed by atoms with Gasteiger partial charge in [0.1, 0.15) is 10.0 Å². The Hall–Kier alpha value is -2.56. The minimum atomic E-state index is -0.636. The second-order valence-electron chi connectivity index (χ2n) is 5.03. The predicted octanol–water partition coefficient (Wildman–Crippen LogP) is 2.76. The van der Waals surface area contributed by atoms with Gasteiger partial charge in [-0.3, -0.25) is 14.4 Å². The highest BCUT2D eigenvalue weighted by Gasteiger charge is 2.15. The van der Waals surface area contributed by atoms with E-state index in [0.29, 0.717) is 10.7 Å². The molecule has 10 heteroatoms. The van der Waals surface area contributed by atoms with Crippen molar-refractivity contribution in [3.8, 4) is 9.88 Å². The lowest BCUT2D eigenvalue weighted by molar-refractivity contribution is -0.146. The SMILES string of the molecule is NC(=O)c1ccsc1NC(=O)COC(=O)Cc1csc(-c2cccs2)n1. The number of hydrogen-bond donors (Lipinski definition) is 2. The van der Waals surface area contributed by atoms with E-state index >= 15 is 0 Å². The number of nitrogens with zero attached hydrogens (tertiary/aromatic N) is 1. The Bertz CT molecular complexity index is 930. The summed E-state index contributed by atoms with van der Waals surface area (Å²) in [6, 6.07) is 5.41. The zero-order chi connectivity index (χ0) is 18.5. The maximum Gasteiger partial charge on any atom is 0.312 e. The molecule has 3 N–H and O–H groups in total. The van der Waals surface area contributed by atoms with Crippen molar-refractivity contribution >= 4 is 56.8 Å². The van der Waals surface area contributed by atoms with Gasteiger partial charge in [-0.05, 0) is 22.9 Å². The maximum atomic E-state index is 11.9. The van der Waals surface area contributed by atoms with Gasteiger partial charge in [0.25, 0.3) is 11.8 Å². The molecule has 3 heterocycles. The molecule has 0 aliphatic heterocycles. The number of aromatic nitrogens is 1. The number of thiazole rings is 1. The lowest BCUT2D eigenvalue weighted by atomic mass is 10.3. The number of carbonyl (C=O) groups excluding carboxylic acids is 3. The molecule has 0 spiro atoms. The van der Waals surface area contributed by atoms with Crippen molar-refractivity contribution in [3.63, 3.8) is 0 Å². The van der Waals surface area contributed by atoms with E-state index in [1.807, 2.05) is 17.5 Å². The molecule has 0 saturated carbocycles. The zero-order valence-corrected chi connectivity index (χ0v) is 15.7. The molecule has 0 saturated heterocycles. The number of rotatable bonds is 7. The van der Waals surface area contributed by atoms with Crippen LogP contribution in [0.3, 0.4) is 0 Å². The first-order chi connectivity index (χ1) is 12.5. The fraction of sp³-hybridized carbons (Fsp3) is 0.125. The average molecular weight is 407 g/mol. The molecule has 0 aliphatic carbocycles. The number of nitrogens with two attached hydrogens (primary N) is 1. The van der Waals surface area contributed by atoms with Crippen LogP contribution in [0.2, 0.25) is 0 Å². The quantitative estimate of drug-likeness (QED) is 0.585. The van der Waals surface area contributed by atoms with Gasteiger partial charge in [0.15, 0.2) is 6.61 Å². The van der Waals surface area contributed by atoms with Gasteiger partial charge in [-0.1, -0.05) is 6.07 Å². The summed E-state index contributed by atoms with van der Waals surface area (Å²) in [6.45, 7) is -0.448. The molecule has 2 amide bonds. The second-order valence-corrected chi connectivity index (χ2v) is 7.76. The van der Waals surface area contributed by atoms with E-state index < -0.39 is 24.4 Å². The molecular weight excluding hydrogens is 394 g/mol. The van der Waals surface area contributed by atoms with Gasteiger partial charge < -0.3 is 15.8 Å². The van der Waals surface area contributed by atoms with Crippen LogP contribution in [-0.2, 0) is 20.7 Å². The Morgan fingerprint density at radius 1 is 1.15 bits per heavy atom. The molecule has 0 aliphatic rings. The Labute approximate surface area is 160 Å². The highest BCUT2D eigenvalue weighted by Crippen LogP contribution is 2.28. The zero-order valence-electron chi connectivity index (χ0n) is 13.3. The third-order valence-corrected chi connectivity index (χ3v) is 5.92. The first-order valence-electron chi connectivity index (χ1n) is 7.34. The van der Waals surface area contributed by atoms with E-state index in [2.05, 4.69) is 10.3 Å². The number of hydrogen-bond acceptors (Lipinski definition) is 8. The Morgan fingerprint density at radius 2 is 2.00 bits per heavy atom. The van der Waals surface area contributed by atoms with E-state index in [4.69, 9.17) is 10.5 Å². The summed E-state index contributed by atoms with van der Waals surface area (Å²) in [5.41, 5.74) is 6.02. The van der Waals surface area contributed by atoms with Crippen molar-refractivity contribution in [2.75, 3.05) is 11.9 Å². The number of primary amides is 1. The lowest BCUT2D eigenvalue weighted by Crippen LogP contribution is -2.22. The van der Waals surface area contributed by atoms with Crippen molar-refractivity contribution in [1.82, 2.24) is 4.98 Å². The summed E-state index contributed by atoms with van der Waals surface area (Å²) < 4.78 is 4.96. The summed E-state index contributed by atoms with van der Waals surface area (Å²) in [5.74, 6) is -1.73. The molecule has 0 atom stereocenters. The molecular formula is C16H13N3O4S3. The maximum absolute atomic E-state index is 11.9. The highest BCUT2D eigenvalue weighted by atomic mass is 32.1. The first kappa shape index (κ1) is 18.2. The number of amides is 2. The number of nitrogens with one attached hydrogen (secondary N) is 1. The van der Waals surface area contributed by atoms with Crippen molar-refractivity contribution in [3.05, 3.63) is 45.6 Å². The molecule has 3 aromatic rings. The second kappa shape index (κ2) is 8.21. The summed E-state index contributed by atoms with van der Waals surface area (Å²) in [7, 11) is 0. The summed E-state index contributed by atoms with van der Waals surface area (Å²) >= 11 is 4.19. The first-order valence-corrected chi connectivity index (χ1v) is 9.98. The van der Waals surface area contributed by atoms with Gasteiger partial charge in [0.05, 0.1) is 22.6 Å². The van der Waals surface area contributed by atoms with Crippen LogP contribution < -0.4 is 11.1 Å². The fourth-order valence-electron chi connectivity index (χ4n) is 2.01. The van der Waals surface area contributed by atoms with Gasteiger partial charge >= 0.3 is 5.97 Å². The third-order valence-electron chi connectivity index (χ3n) is 3.16. The molecule has 0 aromatic carbocycles. The van der Waals surface area contributed by atoms with Crippen LogP contribution >= 0.6 is 34.0 Å². The Morgan fingerprint density at radius 3 is 2.73 bits per heavy atom. The van der Waals surface area contributed by atoms with Crippen LogP contribution in [0.15, 0.2) is 34.3 Å². The molecule has 134 valence electrons. The molecule has 7 nitrogen and oxygen atoms in total. The van der Waals surface area contributed by atoms with Crippen LogP contribution in [0.5, 0.6) is 0 Å². The van der Waals surface area contributed by atoms with Gasteiger partial charge in [-0.15, -0.1) is 34.0 Å². The van der Waals surface area contributed by atoms with Crippen molar-refractivity contribution in [2.24, 2.45) is 5.73 Å². The predicted molar refractivity (Wildman–Crippen MR) is 102 cm³/mol. The number of carbonyl (C=O) groups is 3. The Balaban J connectivity index is 1.49. The fourth-order valence-corrected chi connectivity index (χ4v) is 4.45. The van der Waals surface area contributed by atoms with Crippen LogP contribution in [-0.4, -0.2) is 29.4 Å². The van der Waals surface area contributed by atoms with E-state index in [-0.39, 0.29) is 12.0 Å². The summed E-state index contributed by atoms with van der Waals surface area (Å²) in [5, 5.41) is 9.07. The number of ether oxygens (including phenoxy) is 1. The van der Waals surface area contributed by atoms with Crippen molar-refractivity contribution in [2.45, 2.75) is 6.42 Å². The minimum absolute atomic E-state index is 0.0132. The van der Waals surface area contributed by atoms with E-state index in [1.54, 1.807) is 22.1 Å². The van der Waals surface area contributed by atoms with Gasteiger partial charge in [-0.25, -0.2) is 4.98 Å². The van der Waals surface area contributed by atoms with Gasteiger partial charge in [0, 0.05) is 5.38 Å². The van der Waals surface area contributed by atoms with Crippen molar-refractivity contribution < 1.29 is 19.1 Å². The number of esters is 1. The topological polar surface area (TPSA) is 111 Å². The van der Waals surface area contributed by atoms with Crippen LogP contribution in [0, 0.1) is 0 Å². The van der Waals surface area contributed by atoms with Gasteiger partial charge in [-0.2, -0.15) is 0 Å². The molecule has 0 unspecified atom stereocenters.